The average Bonchev–Trinajstić information content (AvgIpc) is 2.29. The maximum absolute atomic E-state index is 12.1. The van der Waals surface area contributed by atoms with Crippen LogP contribution in [0, 0.1) is 11.3 Å². The standard InChI is InChI=1S/C15H32N2O/c1-6-12-17(7-2)14(18)9-8-13(10-11-16)15(3,4)5/h13H,6-12,16H2,1-5H3. The molecule has 0 aromatic heterocycles. The highest BCUT2D eigenvalue weighted by Gasteiger charge is 2.25. The first kappa shape index (κ1) is 17.4. The van der Waals surface area contributed by atoms with Gasteiger partial charge in [0.2, 0.25) is 5.91 Å². The number of nitrogens with zero attached hydrogens (tertiary/aromatic N) is 1. The Labute approximate surface area is 113 Å². The van der Waals surface area contributed by atoms with Crippen molar-refractivity contribution in [2.45, 2.75) is 60.3 Å². The highest BCUT2D eigenvalue weighted by Crippen LogP contribution is 2.32. The van der Waals surface area contributed by atoms with Gasteiger partial charge in [0.15, 0.2) is 0 Å². The van der Waals surface area contributed by atoms with E-state index in [4.69, 9.17) is 5.73 Å². The van der Waals surface area contributed by atoms with E-state index >= 15 is 0 Å². The van der Waals surface area contributed by atoms with Crippen LogP contribution in [0.5, 0.6) is 0 Å². The second-order valence-electron chi connectivity index (χ2n) is 6.15. The van der Waals surface area contributed by atoms with Crippen LogP contribution in [0.1, 0.15) is 60.3 Å². The summed E-state index contributed by atoms with van der Waals surface area (Å²) in [4.78, 5) is 14.1. The van der Waals surface area contributed by atoms with Crippen molar-refractivity contribution in [3.63, 3.8) is 0 Å². The summed E-state index contributed by atoms with van der Waals surface area (Å²) in [6.45, 7) is 13.3. The van der Waals surface area contributed by atoms with Gasteiger partial charge in [0.1, 0.15) is 0 Å². The van der Waals surface area contributed by atoms with E-state index in [2.05, 4.69) is 34.6 Å². The summed E-state index contributed by atoms with van der Waals surface area (Å²) < 4.78 is 0. The van der Waals surface area contributed by atoms with Gasteiger partial charge in [-0.1, -0.05) is 27.7 Å². The Morgan fingerprint density at radius 1 is 1.22 bits per heavy atom. The molecule has 0 saturated heterocycles. The lowest BCUT2D eigenvalue weighted by atomic mass is 9.76. The normalized spacial score (nSPS) is 13.4. The van der Waals surface area contributed by atoms with Gasteiger partial charge in [0.25, 0.3) is 0 Å². The molecule has 3 heteroatoms. The van der Waals surface area contributed by atoms with Gasteiger partial charge in [-0.25, -0.2) is 0 Å². The molecule has 0 aromatic carbocycles. The third kappa shape index (κ3) is 6.39. The Hall–Kier alpha value is -0.570. The highest BCUT2D eigenvalue weighted by molar-refractivity contribution is 5.76. The third-order valence-corrected chi connectivity index (χ3v) is 3.67. The van der Waals surface area contributed by atoms with Crippen LogP contribution in [0.3, 0.4) is 0 Å². The zero-order chi connectivity index (χ0) is 14.2. The summed E-state index contributed by atoms with van der Waals surface area (Å²) in [6.07, 6.45) is 3.66. The second-order valence-corrected chi connectivity index (χ2v) is 6.15. The summed E-state index contributed by atoms with van der Waals surface area (Å²) in [7, 11) is 0. The largest absolute Gasteiger partial charge is 0.343 e. The van der Waals surface area contributed by atoms with Crippen molar-refractivity contribution in [3.8, 4) is 0 Å². The predicted molar refractivity (Wildman–Crippen MR) is 78.4 cm³/mol. The Morgan fingerprint density at radius 2 is 1.83 bits per heavy atom. The molecule has 0 aliphatic carbocycles. The lowest BCUT2D eigenvalue weighted by molar-refractivity contribution is -0.131. The fourth-order valence-electron chi connectivity index (χ4n) is 2.40. The Morgan fingerprint density at radius 3 is 2.22 bits per heavy atom. The number of carbonyl (C=O) groups is 1. The van der Waals surface area contributed by atoms with Crippen LogP contribution in [-0.2, 0) is 4.79 Å². The summed E-state index contributed by atoms with van der Waals surface area (Å²) in [5.74, 6) is 0.831. The minimum absolute atomic E-state index is 0.238. The highest BCUT2D eigenvalue weighted by atomic mass is 16.2. The summed E-state index contributed by atoms with van der Waals surface area (Å²) in [5, 5.41) is 0. The molecule has 0 aliphatic rings. The smallest absolute Gasteiger partial charge is 0.222 e. The Kier molecular flexibility index (Phi) is 8.25. The monoisotopic (exact) mass is 256 g/mol. The lowest BCUT2D eigenvalue weighted by Crippen LogP contribution is -2.32. The van der Waals surface area contributed by atoms with Crippen molar-refractivity contribution in [2.75, 3.05) is 19.6 Å². The van der Waals surface area contributed by atoms with Crippen molar-refractivity contribution in [1.29, 1.82) is 0 Å². The summed E-state index contributed by atoms with van der Waals surface area (Å²) in [5.41, 5.74) is 5.91. The molecule has 0 saturated carbocycles. The molecule has 0 heterocycles. The van der Waals surface area contributed by atoms with Crippen LogP contribution in [0.2, 0.25) is 0 Å². The van der Waals surface area contributed by atoms with Gasteiger partial charge >= 0.3 is 0 Å². The zero-order valence-corrected chi connectivity index (χ0v) is 13.0. The van der Waals surface area contributed by atoms with E-state index in [0.717, 1.165) is 32.4 Å². The van der Waals surface area contributed by atoms with Crippen LogP contribution in [0.25, 0.3) is 0 Å². The molecule has 1 atom stereocenters. The summed E-state index contributed by atoms with van der Waals surface area (Å²) >= 11 is 0. The van der Waals surface area contributed by atoms with Gasteiger partial charge in [-0.05, 0) is 44.1 Å². The van der Waals surface area contributed by atoms with Gasteiger partial charge in [-0.2, -0.15) is 0 Å². The molecule has 108 valence electrons. The minimum Gasteiger partial charge on any atom is -0.343 e. The number of hydrogen-bond acceptors (Lipinski definition) is 2. The molecular formula is C15H32N2O. The van der Waals surface area contributed by atoms with Crippen molar-refractivity contribution in [2.24, 2.45) is 17.1 Å². The molecule has 0 rings (SSSR count). The Bertz CT molecular complexity index is 233. The van der Waals surface area contributed by atoms with E-state index in [9.17, 15) is 4.79 Å². The molecular weight excluding hydrogens is 224 g/mol. The van der Waals surface area contributed by atoms with E-state index in [0.29, 0.717) is 24.8 Å². The van der Waals surface area contributed by atoms with Gasteiger partial charge in [0, 0.05) is 19.5 Å². The molecule has 0 bridgehead atoms. The summed E-state index contributed by atoms with van der Waals surface area (Å²) in [6, 6.07) is 0. The molecule has 1 amide bonds. The molecule has 2 N–H and O–H groups in total. The molecule has 1 unspecified atom stereocenters. The van der Waals surface area contributed by atoms with Crippen LogP contribution in [0.15, 0.2) is 0 Å². The number of hydrogen-bond donors (Lipinski definition) is 1. The van der Waals surface area contributed by atoms with E-state index < -0.39 is 0 Å². The van der Waals surface area contributed by atoms with Gasteiger partial charge in [-0.3, -0.25) is 4.79 Å². The van der Waals surface area contributed by atoms with Crippen molar-refractivity contribution in [1.82, 2.24) is 4.90 Å². The first-order valence-corrected chi connectivity index (χ1v) is 7.34. The van der Waals surface area contributed by atoms with Crippen LogP contribution in [0.4, 0.5) is 0 Å². The zero-order valence-electron chi connectivity index (χ0n) is 13.0. The number of nitrogens with two attached hydrogens (primary N) is 1. The van der Waals surface area contributed by atoms with Crippen LogP contribution < -0.4 is 5.73 Å². The van der Waals surface area contributed by atoms with E-state index in [1.54, 1.807) is 0 Å². The van der Waals surface area contributed by atoms with Crippen molar-refractivity contribution >= 4 is 5.91 Å². The van der Waals surface area contributed by atoms with Gasteiger partial charge in [-0.15, -0.1) is 0 Å². The molecule has 0 aliphatic heterocycles. The molecule has 0 radical (unpaired) electrons. The number of amides is 1. The van der Waals surface area contributed by atoms with Gasteiger partial charge < -0.3 is 10.6 Å². The fourth-order valence-corrected chi connectivity index (χ4v) is 2.40. The number of rotatable bonds is 8. The van der Waals surface area contributed by atoms with E-state index in [1.807, 2.05) is 4.90 Å². The predicted octanol–water partition coefficient (Wildman–Crippen LogP) is 3.04. The SMILES string of the molecule is CCCN(CC)C(=O)CCC(CCN)C(C)(C)C. The first-order valence-electron chi connectivity index (χ1n) is 7.34. The van der Waals surface area contributed by atoms with Crippen LogP contribution in [-0.4, -0.2) is 30.4 Å². The molecule has 3 nitrogen and oxygen atoms in total. The van der Waals surface area contributed by atoms with E-state index in [-0.39, 0.29) is 5.41 Å². The van der Waals surface area contributed by atoms with Crippen LogP contribution >= 0.6 is 0 Å². The second kappa shape index (κ2) is 8.52. The lowest BCUT2D eigenvalue weighted by Gasteiger charge is -2.31. The fraction of sp³-hybridized carbons (Fsp3) is 0.933. The third-order valence-electron chi connectivity index (χ3n) is 3.67. The quantitative estimate of drug-likeness (QED) is 0.725. The molecule has 0 spiro atoms. The molecule has 0 aromatic rings. The maximum atomic E-state index is 12.1. The van der Waals surface area contributed by atoms with Crippen molar-refractivity contribution in [3.05, 3.63) is 0 Å². The molecule has 0 fully saturated rings. The maximum Gasteiger partial charge on any atom is 0.222 e. The van der Waals surface area contributed by atoms with E-state index in [1.165, 1.54) is 0 Å². The average molecular weight is 256 g/mol. The topological polar surface area (TPSA) is 46.3 Å². The number of carbonyl (C=O) groups excluding carboxylic acids is 1. The van der Waals surface area contributed by atoms with Crippen molar-refractivity contribution < 1.29 is 4.79 Å². The van der Waals surface area contributed by atoms with Gasteiger partial charge in [0.05, 0.1) is 0 Å². The molecule has 18 heavy (non-hydrogen) atoms. The first-order chi connectivity index (χ1) is 8.36. The Balaban J connectivity index is 4.29. The minimum atomic E-state index is 0.238.